The standard InChI is InChI=1S/C19H14FN5O4/c20-11-5-3-10(4-6-11)8-13-24-25-19(29-13)16-17(28-9-26)14-12(2-1-7-22-14)15(23-16)18(21)27/h1-7,26H,8-9H2,(H2,21,27). The molecule has 0 unspecified atom stereocenters. The Kier molecular flexibility index (Phi) is 4.83. The van der Waals surface area contributed by atoms with Crippen molar-refractivity contribution in [1.82, 2.24) is 20.2 Å². The molecule has 0 aliphatic heterocycles. The number of hydrogen-bond donors (Lipinski definition) is 2. The number of ether oxygens (including phenoxy) is 1. The van der Waals surface area contributed by atoms with Gasteiger partial charge in [0.25, 0.3) is 11.8 Å². The van der Waals surface area contributed by atoms with Crippen molar-refractivity contribution in [1.29, 1.82) is 0 Å². The second-order valence-electron chi connectivity index (χ2n) is 5.98. The van der Waals surface area contributed by atoms with Gasteiger partial charge in [0.1, 0.15) is 17.0 Å². The van der Waals surface area contributed by atoms with Crippen LogP contribution in [0.2, 0.25) is 0 Å². The Hall–Kier alpha value is -3.92. The van der Waals surface area contributed by atoms with Gasteiger partial charge in [-0.3, -0.25) is 9.78 Å². The number of nitrogens with zero attached hydrogens (tertiary/aromatic N) is 4. The number of aromatic nitrogens is 4. The zero-order valence-electron chi connectivity index (χ0n) is 14.9. The molecule has 29 heavy (non-hydrogen) atoms. The van der Waals surface area contributed by atoms with Crippen LogP contribution in [0.5, 0.6) is 5.75 Å². The minimum atomic E-state index is -0.772. The molecule has 3 heterocycles. The normalized spacial score (nSPS) is 11.0. The molecule has 0 saturated carbocycles. The first-order valence-corrected chi connectivity index (χ1v) is 8.46. The first-order valence-electron chi connectivity index (χ1n) is 8.46. The lowest BCUT2D eigenvalue weighted by atomic mass is 10.1. The lowest BCUT2D eigenvalue weighted by Crippen LogP contribution is -2.15. The summed E-state index contributed by atoms with van der Waals surface area (Å²) in [6.45, 7) is -0.660. The van der Waals surface area contributed by atoms with Crippen molar-refractivity contribution in [2.45, 2.75) is 6.42 Å². The number of nitrogens with two attached hydrogens (primary N) is 1. The fourth-order valence-corrected chi connectivity index (χ4v) is 2.84. The maximum Gasteiger partial charge on any atom is 0.270 e. The van der Waals surface area contributed by atoms with E-state index in [4.69, 9.17) is 14.9 Å². The van der Waals surface area contributed by atoms with E-state index in [9.17, 15) is 14.3 Å². The summed E-state index contributed by atoms with van der Waals surface area (Å²) in [4.78, 5) is 20.3. The number of carbonyl (C=O) groups is 1. The maximum absolute atomic E-state index is 13.1. The first kappa shape index (κ1) is 18.4. The van der Waals surface area contributed by atoms with E-state index in [1.165, 1.54) is 18.3 Å². The van der Waals surface area contributed by atoms with E-state index < -0.39 is 12.7 Å². The number of amides is 1. The molecule has 0 aliphatic rings. The predicted octanol–water partition coefficient (Wildman–Crippen LogP) is 1.84. The van der Waals surface area contributed by atoms with Gasteiger partial charge in [-0.15, -0.1) is 10.2 Å². The van der Waals surface area contributed by atoms with E-state index in [0.717, 1.165) is 5.56 Å². The summed E-state index contributed by atoms with van der Waals surface area (Å²) in [5, 5.41) is 17.6. The van der Waals surface area contributed by atoms with Crippen LogP contribution in [0.4, 0.5) is 4.39 Å². The largest absolute Gasteiger partial charge is 0.463 e. The molecule has 0 atom stereocenters. The number of rotatable bonds is 6. The highest BCUT2D eigenvalue weighted by atomic mass is 19.1. The molecule has 4 aromatic rings. The summed E-state index contributed by atoms with van der Waals surface area (Å²) in [6, 6.07) is 9.08. The molecule has 0 fully saturated rings. The van der Waals surface area contributed by atoms with Crippen molar-refractivity contribution in [3.05, 3.63) is 65.6 Å². The number of hydrogen-bond acceptors (Lipinski definition) is 8. The highest BCUT2D eigenvalue weighted by molar-refractivity contribution is 6.06. The Labute approximate surface area is 163 Å². The fourth-order valence-electron chi connectivity index (χ4n) is 2.84. The van der Waals surface area contributed by atoms with Crippen LogP contribution in [0, 0.1) is 5.82 Å². The number of halogens is 1. The van der Waals surface area contributed by atoms with E-state index in [1.54, 1.807) is 24.3 Å². The molecule has 4 rings (SSSR count). The van der Waals surface area contributed by atoms with Gasteiger partial charge in [-0.25, -0.2) is 9.37 Å². The van der Waals surface area contributed by atoms with Crippen LogP contribution in [0.1, 0.15) is 21.9 Å². The highest BCUT2D eigenvalue weighted by Crippen LogP contribution is 2.35. The molecule has 0 spiro atoms. The average Bonchev–Trinajstić information content (AvgIpc) is 3.18. The topological polar surface area (TPSA) is 137 Å². The third-order valence-corrected chi connectivity index (χ3v) is 4.10. The minimum absolute atomic E-state index is 0.0249. The molecular weight excluding hydrogens is 381 g/mol. The van der Waals surface area contributed by atoms with Gasteiger partial charge < -0.3 is 20.0 Å². The lowest BCUT2D eigenvalue weighted by molar-refractivity contribution is 0.0991. The highest BCUT2D eigenvalue weighted by Gasteiger charge is 2.24. The zero-order chi connectivity index (χ0) is 20.4. The Bertz CT molecular complexity index is 1190. The summed E-state index contributed by atoms with van der Waals surface area (Å²) in [5.41, 5.74) is 6.46. The van der Waals surface area contributed by atoms with E-state index in [-0.39, 0.29) is 46.7 Å². The number of carbonyl (C=O) groups excluding carboxylic acids is 1. The van der Waals surface area contributed by atoms with Gasteiger partial charge >= 0.3 is 0 Å². The fraction of sp³-hybridized carbons (Fsp3) is 0.105. The summed E-state index contributed by atoms with van der Waals surface area (Å²) in [7, 11) is 0. The predicted molar refractivity (Wildman–Crippen MR) is 98.3 cm³/mol. The smallest absolute Gasteiger partial charge is 0.270 e. The Morgan fingerprint density at radius 2 is 2.00 bits per heavy atom. The Morgan fingerprint density at radius 1 is 1.21 bits per heavy atom. The van der Waals surface area contributed by atoms with Crippen LogP contribution in [0.15, 0.2) is 47.0 Å². The van der Waals surface area contributed by atoms with Gasteiger partial charge in [-0.1, -0.05) is 12.1 Å². The van der Waals surface area contributed by atoms with Gasteiger partial charge in [0.15, 0.2) is 18.2 Å². The SMILES string of the molecule is NC(=O)c1nc(-c2nnc(Cc3ccc(F)cc3)o2)c(OCO)c2ncccc12. The molecule has 0 saturated heterocycles. The lowest BCUT2D eigenvalue weighted by Gasteiger charge is -2.11. The van der Waals surface area contributed by atoms with E-state index in [1.807, 2.05) is 0 Å². The number of primary amides is 1. The van der Waals surface area contributed by atoms with Crippen molar-refractivity contribution >= 4 is 16.8 Å². The van der Waals surface area contributed by atoms with Gasteiger partial charge in [0.2, 0.25) is 5.89 Å². The van der Waals surface area contributed by atoms with Crippen LogP contribution < -0.4 is 10.5 Å². The average molecular weight is 395 g/mol. The van der Waals surface area contributed by atoms with E-state index in [2.05, 4.69) is 20.2 Å². The molecule has 146 valence electrons. The molecule has 0 radical (unpaired) electrons. The Balaban J connectivity index is 1.81. The quantitative estimate of drug-likeness (QED) is 0.472. The van der Waals surface area contributed by atoms with E-state index >= 15 is 0 Å². The zero-order valence-corrected chi connectivity index (χ0v) is 14.9. The van der Waals surface area contributed by atoms with Crippen molar-refractivity contribution in [3.63, 3.8) is 0 Å². The van der Waals surface area contributed by atoms with Crippen LogP contribution in [0.3, 0.4) is 0 Å². The molecule has 10 heteroatoms. The van der Waals surface area contributed by atoms with E-state index in [0.29, 0.717) is 5.39 Å². The van der Waals surface area contributed by atoms with Gasteiger partial charge in [0, 0.05) is 11.6 Å². The second-order valence-corrected chi connectivity index (χ2v) is 5.98. The van der Waals surface area contributed by atoms with Gasteiger partial charge in [-0.05, 0) is 29.8 Å². The third kappa shape index (κ3) is 3.60. The molecule has 1 amide bonds. The number of benzene rings is 1. The maximum atomic E-state index is 13.1. The number of aliphatic hydroxyl groups excluding tert-OH is 1. The summed E-state index contributed by atoms with van der Waals surface area (Å²) >= 11 is 0. The Morgan fingerprint density at radius 3 is 2.72 bits per heavy atom. The molecule has 3 N–H and O–H groups in total. The number of pyridine rings is 2. The van der Waals surface area contributed by atoms with Crippen LogP contribution in [0.25, 0.3) is 22.5 Å². The minimum Gasteiger partial charge on any atom is -0.463 e. The third-order valence-electron chi connectivity index (χ3n) is 4.10. The summed E-state index contributed by atoms with van der Waals surface area (Å²) in [6.07, 6.45) is 1.76. The first-order chi connectivity index (χ1) is 14.1. The van der Waals surface area contributed by atoms with Crippen molar-refractivity contribution in [3.8, 4) is 17.3 Å². The van der Waals surface area contributed by atoms with Crippen LogP contribution in [-0.4, -0.2) is 38.0 Å². The molecular formula is C19H14FN5O4. The molecule has 1 aromatic carbocycles. The second kappa shape index (κ2) is 7.60. The van der Waals surface area contributed by atoms with Gasteiger partial charge in [-0.2, -0.15) is 0 Å². The molecule has 9 nitrogen and oxygen atoms in total. The van der Waals surface area contributed by atoms with Crippen LogP contribution in [-0.2, 0) is 6.42 Å². The van der Waals surface area contributed by atoms with Crippen LogP contribution >= 0.6 is 0 Å². The molecule has 0 bridgehead atoms. The van der Waals surface area contributed by atoms with Crippen molar-refractivity contribution in [2.24, 2.45) is 5.73 Å². The van der Waals surface area contributed by atoms with Gasteiger partial charge in [0.05, 0.1) is 6.42 Å². The summed E-state index contributed by atoms with van der Waals surface area (Å²) < 4.78 is 24.0. The molecule has 0 aliphatic carbocycles. The number of fused-ring (bicyclic) bond motifs is 1. The van der Waals surface area contributed by atoms with Crippen molar-refractivity contribution < 1.29 is 23.4 Å². The molecule has 3 aromatic heterocycles. The number of aliphatic hydroxyl groups is 1. The monoisotopic (exact) mass is 395 g/mol. The summed E-state index contributed by atoms with van der Waals surface area (Å²) in [5.74, 6) is -0.848. The van der Waals surface area contributed by atoms with Crippen molar-refractivity contribution in [2.75, 3.05) is 6.79 Å².